The third-order valence-corrected chi connectivity index (χ3v) is 3.17. The lowest BCUT2D eigenvalue weighted by atomic mass is 9.92. The predicted octanol–water partition coefficient (Wildman–Crippen LogP) is 4.39. The Labute approximate surface area is 136 Å². The van der Waals surface area contributed by atoms with Gasteiger partial charge in [0.15, 0.2) is 0 Å². The third kappa shape index (κ3) is 4.43. The molecular weight excluding hydrogens is 360 g/mol. The lowest BCUT2D eigenvalue weighted by molar-refractivity contribution is -0.433. The average molecular weight is 369 g/mol. The van der Waals surface area contributed by atoms with E-state index in [0.29, 0.717) is 6.08 Å². The average Bonchev–Trinajstić information content (AvgIpc) is 2.47. The minimum Gasteiger partial charge on any atom is -0.473 e. The molecule has 1 aliphatic carbocycles. The van der Waals surface area contributed by atoms with Gasteiger partial charge in [-0.05, 0) is 30.3 Å². The zero-order chi connectivity index (χ0) is 18.9. The Hall–Kier alpha value is -2.72. The Kier molecular flexibility index (Phi) is 4.69. The monoisotopic (exact) mass is 369 g/mol. The number of ether oxygens (including phenoxy) is 2. The second-order valence-corrected chi connectivity index (χ2v) is 4.96. The molecule has 0 aliphatic heterocycles. The molecule has 1 aliphatic rings. The molecule has 1 aromatic rings. The smallest absolute Gasteiger partial charge is 0.473 e. The van der Waals surface area contributed by atoms with Crippen LogP contribution in [0, 0.1) is 10.1 Å². The summed E-state index contributed by atoms with van der Waals surface area (Å²) in [4.78, 5) is 9.79. The highest BCUT2D eigenvalue weighted by molar-refractivity contribution is 5.34. The Morgan fingerprint density at radius 3 is 2.08 bits per heavy atom. The van der Waals surface area contributed by atoms with Crippen LogP contribution < -0.4 is 9.47 Å². The first-order chi connectivity index (χ1) is 11.4. The minimum atomic E-state index is -5.00. The van der Waals surface area contributed by atoms with Gasteiger partial charge in [0.05, 0.1) is 11.3 Å². The van der Waals surface area contributed by atoms with Crippen molar-refractivity contribution in [3.63, 3.8) is 0 Å². The first-order valence-electron chi connectivity index (χ1n) is 6.56. The van der Waals surface area contributed by atoms with Crippen LogP contribution in [0.1, 0.15) is 6.42 Å². The minimum absolute atomic E-state index is 0.430. The maximum Gasteiger partial charge on any atom is 0.573 e. The number of benzene rings is 1. The van der Waals surface area contributed by atoms with E-state index >= 15 is 0 Å². The Morgan fingerprint density at radius 2 is 1.60 bits per heavy atom. The lowest BCUT2D eigenvalue weighted by Gasteiger charge is -2.33. The van der Waals surface area contributed by atoms with Crippen molar-refractivity contribution in [2.75, 3.05) is 0 Å². The van der Waals surface area contributed by atoms with Crippen molar-refractivity contribution in [3.05, 3.63) is 58.3 Å². The van der Waals surface area contributed by atoms with Crippen LogP contribution in [0.15, 0.2) is 48.2 Å². The van der Waals surface area contributed by atoms with E-state index in [4.69, 9.17) is 4.74 Å². The summed E-state index contributed by atoms with van der Waals surface area (Å²) in [5, 5.41) is 10.8. The Morgan fingerprint density at radius 1 is 1.04 bits per heavy atom. The van der Waals surface area contributed by atoms with Crippen LogP contribution in [0.5, 0.6) is 11.5 Å². The van der Waals surface area contributed by atoms with Gasteiger partial charge >= 0.3 is 12.5 Å². The van der Waals surface area contributed by atoms with E-state index in [1.54, 1.807) is 0 Å². The molecule has 5 nitrogen and oxygen atoms in total. The van der Waals surface area contributed by atoms with E-state index in [0.717, 1.165) is 36.4 Å². The number of nitrogens with zero attached hydrogens (tertiary/aromatic N) is 1. The van der Waals surface area contributed by atoms with Gasteiger partial charge in [-0.2, -0.15) is 13.2 Å². The molecule has 0 N–H and O–H groups in total. The van der Waals surface area contributed by atoms with Crippen molar-refractivity contribution in [1.29, 1.82) is 0 Å². The van der Waals surface area contributed by atoms with E-state index in [9.17, 15) is 36.5 Å². The molecule has 11 heteroatoms. The molecule has 1 unspecified atom stereocenters. The standard InChI is InChI=1S/C14H9F6NO4/c15-13(16,17)12(7-1-2-9(8-12)21(22)23)24-10-3-5-11(6-4-10)25-14(18,19)20/h1-7H,8H2. The molecular formula is C14H9F6NO4. The molecule has 1 aromatic carbocycles. The van der Waals surface area contributed by atoms with Crippen LogP contribution in [0.25, 0.3) is 0 Å². The van der Waals surface area contributed by atoms with Crippen molar-refractivity contribution in [2.24, 2.45) is 0 Å². The van der Waals surface area contributed by atoms with E-state index in [1.165, 1.54) is 0 Å². The summed E-state index contributed by atoms with van der Waals surface area (Å²) in [6.45, 7) is 0. The van der Waals surface area contributed by atoms with Gasteiger partial charge in [-0.15, -0.1) is 13.2 Å². The van der Waals surface area contributed by atoms with Crippen LogP contribution in [0.3, 0.4) is 0 Å². The summed E-state index contributed by atoms with van der Waals surface area (Å²) in [5.74, 6) is -1.08. The normalized spacial score (nSPS) is 20.8. The first kappa shape index (κ1) is 18.6. The summed E-state index contributed by atoms with van der Waals surface area (Å²) >= 11 is 0. The van der Waals surface area contributed by atoms with Gasteiger partial charge in [0.2, 0.25) is 5.60 Å². The molecule has 25 heavy (non-hydrogen) atoms. The summed E-state index contributed by atoms with van der Waals surface area (Å²) < 4.78 is 84.9. The SMILES string of the molecule is O=[N+]([O-])C1=CC=CC(Oc2ccc(OC(F)(F)F)cc2)(C(F)(F)F)C1. The molecule has 0 amide bonds. The quantitative estimate of drug-likeness (QED) is 0.449. The van der Waals surface area contributed by atoms with Crippen molar-refractivity contribution >= 4 is 0 Å². The Balaban J connectivity index is 2.26. The maximum absolute atomic E-state index is 13.4. The molecule has 0 heterocycles. The number of alkyl halides is 6. The highest BCUT2D eigenvalue weighted by Gasteiger charge is 2.58. The molecule has 0 fully saturated rings. The predicted molar refractivity (Wildman–Crippen MR) is 71.4 cm³/mol. The molecule has 0 radical (unpaired) electrons. The van der Waals surface area contributed by atoms with Gasteiger partial charge in [-0.3, -0.25) is 10.1 Å². The van der Waals surface area contributed by atoms with Crippen molar-refractivity contribution in [2.45, 2.75) is 24.6 Å². The van der Waals surface area contributed by atoms with Gasteiger partial charge in [-0.1, -0.05) is 6.08 Å². The van der Waals surface area contributed by atoms with E-state index in [1.807, 2.05) is 0 Å². The van der Waals surface area contributed by atoms with Gasteiger partial charge in [0.25, 0.3) is 5.70 Å². The molecule has 1 atom stereocenters. The fraction of sp³-hybridized carbons (Fsp3) is 0.286. The number of nitro groups is 1. The molecule has 0 saturated carbocycles. The van der Waals surface area contributed by atoms with E-state index < -0.39 is 46.7 Å². The van der Waals surface area contributed by atoms with Crippen LogP contribution in [-0.4, -0.2) is 23.1 Å². The zero-order valence-electron chi connectivity index (χ0n) is 12.1. The largest absolute Gasteiger partial charge is 0.573 e. The fourth-order valence-corrected chi connectivity index (χ4v) is 2.07. The number of allylic oxidation sites excluding steroid dienone is 2. The van der Waals surface area contributed by atoms with Gasteiger partial charge < -0.3 is 9.47 Å². The number of rotatable bonds is 4. The first-order valence-corrected chi connectivity index (χ1v) is 6.56. The topological polar surface area (TPSA) is 61.6 Å². The van der Waals surface area contributed by atoms with Gasteiger partial charge in [-0.25, -0.2) is 0 Å². The van der Waals surface area contributed by atoms with Crippen LogP contribution in [0.2, 0.25) is 0 Å². The Bertz CT molecular complexity index is 708. The molecule has 136 valence electrons. The van der Waals surface area contributed by atoms with Crippen LogP contribution in [0.4, 0.5) is 26.3 Å². The maximum atomic E-state index is 13.4. The third-order valence-electron chi connectivity index (χ3n) is 3.17. The lowest BCUT2D eigenvalue weighted by Crippen LogP contribution is -2.50. The molecule has 0 bridgehead atoms. The summed E-state index contributed by atoms with van der Waals surface area (Å²) in [6, 6.07) is 3.21. The molecule has 0 aromatic heterocycles. The van der Waals surface area contributed by atoms with Crippen LogP contribution >= 0.6 is 0 Å². The van der Waals surface area contributed by atoms with Crippen molar-refractivity contribution < 1.29 is 40.7 Å². The van der Waals surface area contributed by atoms with Crippen molar-refractivity contribution in [3.8, 4) is 11.5 Å². The van der Waals surface area contributed by atoms with Gasteiger partial charge in [0.1, 0.15) is 11.5 Å². The molecule has 2 rings (SSSR count). The van der Waals surface area contributed by atoms with Crippen molar-refractivity contribution in [1.82, 2.24) is 0 Å². The molecule has 0 saturated heterocycles. The second kappa shape index (κ2) is 6.30. The number of hydrogen-bond acceptors (Lipinski definition) is 4. The highest BCUT2D eigenvalue weighted by atomic mass is 19.4. The summed E-state index contributed by atoms with van der Waals surface area (Å²) in [7, 11) is 0. The zero-order valence-corrected chi connectivity index (χ0v) is 12.1. The summed E-state index contributed by atoms with van der Waals surface area (Å²) in [5.41, 5.74) is -3.71. The van der Waals surface area contributed by atoms with Gasteiger partial charge in [0, 0.05) is 6.08 Å². The van der Waals surface area contributed by atoms with E-state index in [2.05, 4.69) is 4.74 Å². The summed E-state index contributed by atoms with van der Waals surface area (Å²) in [6.07, 6.45) is -8.67. The molecule has 0 spiro atoms. The fourth-order valence-electron chi connectivity index (χ4n) is 2.07. The van der Waals surface area contributed by atoms with E-state index in [-0.39, 0.29) is 0 Å². The second-order valence-electron chi connectivity index (χ2n) is 4.96. The van der Waals surface area contributed by atoms with Crippen LogP contribution in [-0.2, 0) is 0 Å². The number of halogens is 6. The number of hydrogen-bond donors (Lipinski definition) is 0. The highest BCUT2D eigenvalue weighted by Crippen LogP contribution is 2.42.